The zero-order valence-electron chi connectivity index (χ0n) is 15.5. The minimum Gasteiger partial charge on any atom is -0.496 e. The van der Waals surface area contributed by atoms with Crippen LogP contribution >= 0.6 is 0 Å². The Kier molecular flexibility index (Phi) is 5.41. The lowest BCUT2D eigenvalue weighted by atomic mass is 10.1. The van der Waals surface area contributed by atoms with Crippen LogP contribution in [0.2, 0.25) is 0 Å². The summed E-state index contributed by atoms with van der Waals surface area (Å²) in [6.45, 7) is 0.667. The first-order valence-electron chi connectivity index (χ1n) is 8.54. The molecule has 2 aliphatic heterocycles. The van der Waals surface area contributed by atoms with E-state index in [0.29, 0.717) is 0 Å². The summed E-state index contributed by atoms with van der Waals surface area (Å²) in [5.74, 6) is -0.825. The van der Waals surface area contributed by atoms with Crippen molar-refractivity contribution in [3.05, 3.63) is 23.8 Å². The van der Waals surface area contributed by atoms with Crippen LogP contribution in [0.3, 0.4) is 0 Å². The van der Waals surface area contributed by atoms with Crippen LogP contribution in [0.25, 0.3) is 0 Å². The fraction of sp³-hybridized carbons (Fsp3) is 0.529. The van der Waals surface area contributed by atoms with E-state index in [2.05, 4.69) is 5.32 Å². The molecule has 0 aliphatic carbocycles. The molecule has 2 fully saturated rings. The quantitative estimate of drug-likeness (QED) is 0.737. The summed E-state index contributed by atoms with van der Waals surface area (Å²) in [7, 11) is 0.637. The first-order chi connectivity index (χ1) is 12.8. The third-order valence-corrected chi connectivity index (χ3v) is 6.82. The van der Waals surface area contributed by atoms with Gasteiger partial charge in [0.2, 0.25) is 15.9 Å². The second kappa shape index (κ2) is 7.45. The van der Waals surface area contributed by atoms with Crippen molar-refractivity contribution in [3.8, 4) is 5.75 Å². The summed E-state index contributed by atoms with van der Waals surface area (Å²) in [4.78, 5) is 26.1. The van der Waals surface area contributed by atoms with E-state index < -0.39 is 21.8 Å². The molecule has 0 aromatic heterocycles. The van der Waals surface area contributed by atoms with Gasteiger partial charge in [-0.15, -0.1) is 0 Å². The Morgan fingerprint density at radius 1 is 1.30 bits per heavy atom. The van der Waals surface area contributed by atoms with Gasteiger partial charge in [0.15, 0.2) is 0 Å². The number of amides is 2. The van der Waals surface area contributed by atoms with Gasteiger partial charge in [-0.05, 0) is 18.2 Å². The molecule has 2 aliphatic rings. The molecule has 0 saturated carbocycles. The molecular formula is C17H23N3O6S. The van der Waals surface area contributed by atoms with Gasteiger partial charge in [0, 0.05) is 27.2 Å². The highest BCUT2D eigenvalue weighted by Crippen LogP contribution is 2.28. The lowest BCUT2D eigenvalue weighted by Crippen LogP contribution is -2.45. The molecule has 1 N–H and O–H groups in total. The highest BCUT2D eigenvalue weighted by molar-refractivity contribution is 7.89. The van der Waals surface area contributed by atoms with E-state index >= 15 is 0 Å². The van der Waals surface area contributed by atoms with Crippen molar-refractivity contribution >= 4 is 21.8 Å². The average Bonchev–Trinajstić information content (AvgIpc) is 2.85. The summed E-state index contributed by atoms with van der Waals surface area (Å²) < 4.78 is 38.4. The van der Waals surface area contributed by atoms with E-state index in [-0.39, 0.29) is 54.5 Å². The molecule has 27 heavy (non-hydrogen) atoms. The first-order valence-corrected chi connectivity index (χ1v) is 9.98. The molecule has 2 bridgehead atoms. The minimum atomic E-state index is -3.90. The zero-order valence-corrected chi connectivity index (χ0v) is 16.3. The third-order valence-electron chi connectivity index (χ3n) is 4.99. The molecule has 2 saturated heterocycles. The predicted octanol–water partition coefficient (Wildman–Crippen LogP) is -0.467. The number of hydrogen-bond acceptors (Lipinski definition) is 6. The van der Waals surface area contributed by atoms with Gasteiger partial charge in [0.05, 0.1) is 42.7 Å². The van der Waals surface area contributed by atoms with E-state index in [1.807, 2.05) is 0 Å². The lowest BCUT2D eigenvalue weighted by Gasteiger charge is -2.28. The molecule has 1 aromatic carbocycles. The van der Waals surface area contributed by atoms with E-state index in [9.17, 15) is 18.0 Å². The van der Waals surface area contributed by atoms with Gasteiger partial charge in [0.25, 0.3) is 5.91 Å². The number of fused-ring (bicyclic) bond motifs is 3. The van der Waals surface area contributed by atoms with Gasteiger partial charge in [-0.1, -0.05) is 0 Å². The van der Waals surface area contributed by atoms with Crippen LogP contribution in [0, 0.1) is 5.92 Å². The van der Waals surface area contributed by atoms with Crippen LogP contribution in [0.4, 0.5) is 0 Å². The molecule has 9 nitrogen and oxygen atoms in total. The maximum Gasteiger partial charge on any atom is 0.254 e. The Bertz CT molecular complexity index is 856. The number of sulfonamides is 1. The predicted molar refractivity (Wildman–Crippen MR) is 96.0 cm³/mol. The van der Waals surface area contributed by atoms with E-state index in [1.54, 1.807) is 11.9 Å². The Morgan fingerprint density at radius 2 is 2.04 bits per heavy atom. The highest BCUT2D eigenvalue weighted by atomic mass is 32.2. The Labute approximate surface area is 158 Å². The van der Waals surface area contributed by atoms with Crippen LogP contribution in [-0.4, -0.2) is 83.0 Å². The van der Waals surface area contributed by atoms with Gasteiger partial charge in [0.1, 0.15) is 5.75 Å². The zero-order chi connectivity index (χ0) is 19.8. The van der Waals surface area contributed by atoms with Crippen molar-refractivity contribution in [2.45, 2.75) is 10.9 Å². The second-order valence-electron chi connectivity index (χ2n) is 6.60. The normalized spacial score (nSPS) is 23.7. The number of nitrogens with zero attached hydrogens (tertiary/aromatic N) is 2. The number of benzene rings is 1. The molecule has 2 amide bonds. The number of methoxy groups -OCH3 is 1. The fourth-order valence-electron chi connectivity index (χ4n) is 3.36. The number of likely N-dealkylation sites (N-methyl/N-ethyl adjacent to an activating group) is 1. The van der Waals surface area contributed by atoms with Gasteiger partial charge in [-0.3, -0.25) is 9.59 Å². The summed E-state index contributed by atoms with van der Waals surface area (Å²) in [5, 5.41) is 2.47. The number of ether oxygens (including phenoxy) is 2. The third kappa shape index (κ3) is 3.52. The molecule has 148 valence electrons. The van der Waals surface area contributed by atoms with Crippen molar-refractivity contribution in [2.75, 3.05) is 47.5 Å². The maximum absolute atomic E-state index is 13.2. The molecule has 2 atom stereocenters. The molecule has 2 heterocycles. The van der Waals surface area contributed by atoms with Crippen molar-refractivity contribution in [1.29, 1.82) is 0 Å². The van der Waals surface area contributed by atoms with Gasteiger partial charge >= 0.3 is 0 Å². The van der Waals surface area contributed by atoms with E-state index in [1.165, 1.54) is 36.7 Å². The van der Waals surface area contributed by atoms with Crippen molar-refractivity contribution < 1.29 is 27.5 Å². The monoisotopic (exact) mass is 397 g/mol. The van der Waals surface area contributed by atoms with E-state index in [4.69, 9.17) is 9.47 Å². The fourth-order valence-corrected chi connectivity index (χ4v) is 4.91. The van der Waals surface area contributed by atoms with Crippen LogP contribution in [-0.2, 0) is 19.6 Å². The number of carbonyl (C=O) groups excluding carboxylic acids is 2. The Hall–Kier alpha value is -2.17. The van der Waals surface area contributed by atoms with Crippen LogP contribution in [0.5, 0.6) is 5.75 Å². The van der Waals surface area contributed by atoms with Gasteiger partial charge < -0.3 is 19.7 Å². The Balaban J connectivity index is 1.99. The summed E-state index contributed by atoms with van der Waals surface area (Å²) in [6.07, 6.45) is 0. The lowest BCUT2D eigenvalue weighted by molar-refractivity contribution is -0.133. The second-order valence-corrected chi connectivity index (χ2v) is 8.54. The molecule has 1 aromatic rings. The highest BCUT2D eigenvalue weighted by Gasteiger charge is 2.41. The molecule has 0 radical (unpaired) electrons. The van der Waals surface area contributed by atoms with Crippen molar-refractivity contribution in [3.63, 3.8) is 0 Å². The van der Waals surface area contributed by atoms with E-state index in [0.717, 1.165) is 0 Å². The number of carbonyl (C=O) groups is 2. The van der Waals surface area contributed by atoms with Crippen LogP contribution in [0.15, 0.2) is 23.1 Å². The van der Waals surface area contributed by atoms with Crippen molar-refractivity contribution in [2.24, 2.45) is 5.92 Å². The molecule has 10 heteroatoms. The topological polar surface area (TPSA) is 105 Å². The number of nitrogens with one attached hydrogen (secondary N) is 1. The summed E-state index contributed by atoms with van der Waals surface area (Å²) in [5.41, 5.74) is 0.132. The molecule has 3 rings (SSSR count). The maximum atomic E-state index is 13.2. The number of hydrogen-bond donors (Lipinski definition) is 1. The summed E-state index contributed by atoms with van der Waals surface area (Å²) >= 11 is 0. The number of rotatable bonds is 4. The summed E-state index contributed by atoms with van der Waals surface area (Å²) in [6, 6.07) is 3.81. The standard InChI is InChI=1S/C17H23N3O6S/c1-18-16(21)14-6-13(4-5-15(14)25-3)27(23,24)20-7-11-9-26-10-12(8-20)19(2)17(11)22/h4-6,11-12H,7-10H2,1-3H3,(H,18,21)/t11-,12+/m1/s1. The molecule has 0 unspecified atom stereocenters. The van der Waals surface area contributed by atoms with Crippen LogP contribution < -0.4 is 10.1 Å². The SMILES string of the molecule is CNC(=O)c1cc(S(=O)(=O)N2C[C@@H]3COC[C@H](C2)N(C)C3=O)ccc1OC. The van der Waals surface area contributed by atoms with Gasteiger partial charge in [-0.25, -0.2) is 8.42 Å². The van der Waals surface area contributed by atoms with Crippen molar-refractivity contribution in [1.82, 2.24) is 14.5 Å². The molecule has 0 spiro atoms. The first kappa shape index (κ1) is 19.6. The minimum absolute atomic E-state index is 0.0158. The van der Waals surface area contributed by atoms with Crippen LogP contribution in [0.1, 0.15) is 10.4 Å². The Morgan fingerprint density at radius 3 is 2.70 bits per heavy atom. The largest absolute Gasteiger partial charge is 0.496 e. The van der Waals surface area contributed by atoms with Gasteiger partial charge in [-0.2, -0.15) is 4.31 Å². The smallest absolute Gasteiger partial charge is 0.254 e. The average molecular weight is 397 g/mol. The molecular weight excluding hydrogens is 374 g/mol.